The molecule has 2 rings (SSSR count). The summed E-state index contributed by atoms with van der Waals surface area (Å²) in [6, 6.07) is 9.50. The first kappa shape index (κ1) is 15.3. The highest BCUT2D eigenvalue weighted by Crippen LogP contribution is 2.22. The van der Waals surface area contributed by atoms with E-state index in [2.05, 4.69) is 21.2 Å². The van der Waals surface area contributed by atoms with Gasteiger partial charge in [0.25, 0.3) is 5.91 Å². The van der Waals surface area contributed by atoms with Crippen LogP contribution in [0.25, 0.3) is 0 Å². The van der Waals surface area contributed by atoms with Crippen molar-refractivity contribution in [3.05, 3.63) is 52.3 Å². The Kier molecular flexibility index (Phi) is 4.80. The fourth-order valence-corrected chi connectivity index (χ4v) is 2.03. The number of rotatable bonds is 4. The summed E-state index contributed by atoms with van der Waals surface area (Å²) in [7, 11) is 0. The number of hydrogen-bond donors (Lipinski definition) is 2. The second-order valence-electron chi connectivity index (χ2n) is 4.49. The van der Waals surface area contributed by atoms with Gasteiger partial charge in [0, 0.05) is 15.8 Å². The maximum absolute atomic E-state index is 13.5. The van der Waals surface area contributed by atoms with Crippen LogP contribution in [-0.2, 0) is 4.79 Å². The Bertz CT molecular complexity index is 677. The number of halogens is 2. The third kappa shape index (κ3) is 4.19. The zero-order valence-electron chi connectivity index (χ0n) is 11.3. The molecule has 21 heavy (non-hydrogen) atoms. The Labute approximate surface area is 130 Å². The number of benzene rings is 2. The second kappa shape index (κ2) is 6.58. The van der Waals surface area contributed by atoms with Crippen molar-refractivity contribution < 1.29 is 13.9 Å². The summed E-state index contributed by atoms with van der Waals surface area (Å²) in [5.74, 6) is -0.891. The Morgan fingerprint density at radius 2 is 2.10 bits per heavy atom. The van der Waals surface area contributed by atoms with Gasteiger partial charge in [-0.25, -0.2) is 4.39 Å². The Morgan fingerprint density at radius 3 is 2.86 bits per heavy atom. The van der Waals surface area contributed by atoms with Crippen molar-refractivity contribution in [1.29, 1.82) is 0 Å². The van der Waals surface area contributed by atoms with Crippen LogP contribution in [0, 0.1) is 12.7 Å². The number of anilines is 2. The molecule has 2 aromatic rings. The lowest BCUT2D eigenvalue weighted by Crippen LogP contribution is -2.21. The van der Waals surface area contributed by atoms with Gasteiger partial charge in [0.2, 0.25) is 0 Å². The average molecular weight is 353 g/mol. The normalized spacial score (nSPS) is 10.2. The van der Waals surface area contributed by atoms with Crippen LogP contribution in [0.2, 0.25) is 0 Å². The highest BCUT2D eigenvalue weighted by Gasteiger charge is 2.09. The van der Waals surface area contributed by atoms with Gasteiger partial charge < -0.3 is 15.8 Å². The van der Waals surface area contributed by atoms with Gasteiger partial charge in [-0.05, 0) is 42.8 Å². The van der Waals surface area contributed by atoms with Crippen molar-refractivity contribution in [2.24, 2.45) is 0 Å². The minimum atomic E-state index is -0.522. The number of aryl methyl sites for hydroxylation is 1. The van der Waals surface area contributed by atoms with E-state index in [1.165, 1.54) is 12.1 Å². The number of ether oxygens (including phenoxy) is 1. The van der Waals surface area contributed by atoms with Gasteiger partial charge in [-0.3, -0.25) is 4.79 Å². The van der Waals surface area contributed by atoms with Crippen LogP contribution < -0.4 is 15.8 Å². The van der Waals surface area contributed by atoms with Crippen molar-refractivity contribution in [1.82, 2.24) is 0 Å². The molecule has 2 aromatic carbocycles. The van der Waals surface area contributed by atoms with E-state index in [0.29, 0.717) is 15.8 Å². The third-order valence-corrected chi connectivity index (χ3v) is 3.28. The second-order valence-corrected chi connectivity index (χ2v) is 5.40. The monoisotopic (exact) mass is 352 g/mol. The largest absolute Gasteiger partial charge is 0.481 e. The molecule has 0 aromatic heterocycles. The molecular weight excluding hydrogens is 339 g/mol. The number of carbonyl (C=O) groups is 1. The molecule has 0 saturated carbocycles. The molecule has 4 nitrogen and oxygen atoms in total. The fraction of sp³-hybridized carbons (Fsp3) is 0.133. The molecular formula is C15H14BrFN2O2. The Hall–Kier alpha value is -2.08. The van der Waals surface area contributed by atoms with E-state index in [1.54, 1.807) is 24.3 Å². The van der Waals surface area contributed by atoms with Gasteiger partial charge in [-0.2, -0.15) is 0 Å². The number of amides is 1. The summed E-state index contributed by atoms with van der Waals surface area (Å²) in [5, 5.41) is 2.68. The van der Waals surface area contributed by atoms with Crippen LogP contribution in [0.5, 0.6) is 5.75 Å². The van der Waals surface area contributed by atoms with E-state index in [1.807, 2.05) is 6.92 Å². The van der Waals surface area contributed by atoms with Gasteiger partial charge in [0.1, 0.15) is 0 Å². The number of nitrogens with two attached hydrogens (primary N) is 1. The molecule has 0 bridgehead atoms. The number of nitrogen functional groups attached to an aromatic ring is 1. The van der Waals surface area contributed by atoms with E-state index in [4.69, 9.17) is 10.5 Å². The molecule has 0 aliphatic heterocycles. The van der Waals surface area contributed by atoms with Crippen LogP contribution >= 0.6 is 15.9 Å². The maximum atomic E-state index is 13.5. The predicted molar refractivity (Wildman–Crippen MR) is 83.8 cm³/mol. The summed E-state index contributed by atoms with van der Waals surface area (Å²) >= 11 is 3.21. The van der Waals surface area contributed by atoms with E-state index in [0.717, 1.165) is 5.56 Å². The maximum Gasteiger partial charge on any atom is 0.262 e. The number of nitrogens with one attached hydrogen (secondary N) is 1. The van der Waals surface area contributed by atoms with Crippen LogP contribution in [0.1, 0.15) is 5.56 Å². The van der Waals surface area contributed by atoms with Crippen molar-refractivity contribution in [3.8, 4) is 5.75 Å². The minimum Gasteiger partial charge on any atom is -0.481 e. The smallest absolute Gasteiger partial charge is 0.262 e. The standard InChI is InChI=1S/C15H14BrFN2O2/c1-9-2-4-11(18)7-13(9)19-15(20)8-21-14-6-10(16)3-5-12(14)17/h2-7H,8,18H2,1H3,(H,19,20). The topological polar surface area (TPSA) is 64.3 Å². The quantitative estimate of drug-likeness (QED) is 0.827. The van der Waals surface area contributed by atoms with Gasteiger partial charge in [0.05, 0.1) is 0 Å². The Morgan fingerprint density at radius 1 is 1.33 bits per heavy atom. The van der Waals surface area contributed by atoms with Crippen molar-refractivity contribution in [2.75, 3.05) is 17.7 Å². The predicted octanol–water partition coefficient (Wildman–Crippen LogP) is 3.50. The zero-order valence-corrected chi connectivity index (χ0v) is 12.9. The molecule has 0 atom stereocenters. The number of hydrogen-bond acceptors (Lipinski definition) is 3. The van der Waals surface area contributed by atoms with E-state index >= 15 is 0 Å². The summed E-state index contributed by atoms with van der Waals surface area (Å²) in [6.07, 6.45) is 0. The van der Waals surface area contributed by atoms with E-state index in [9.17, 15) is 9.18 Å². The lowest BCUT2D eigenvalue weighted by Gasteiger charge is -2.11. The molecule has 0 spiro atoms. The van der Waals surface area contributed by atoms with Crippen LogP contribution in [0.4, 0.5) is 15.8 Å². The van der Waals surface area contributed by atoms with Crippen LogP contribution in [0.15, 0.2) is 40.9 Å². The molecule has 0 saturated heterocycles. The van der Waals surface area contributed by atoms with Gasteiger partial charge >= 0.3 is 0 Å². The Balaban J connectivity index is 1.99. The molecule has 0 heterocycles. The third-order valence-electron chi connectivity index (χ3n) is 2.79. The molecule has 0 unspecified atom stereocenters. The highest BCUT2D eigenvalue weighted by atomic mass is 79.9. The first-order valence-electron chi connectivity index (χ1n) is 6.19. The zero-order chi connectivity index (χ0) is 15.4. The molecule has 110 valence electrons. The molecule has 0 radical (unpaired) electrons. The van der Waals surface area contributed by atoms with E-state index in [-0.39, 0.29) is 18.3 Å². The van der Waals surface area contributed by atoms with Crippen molar-refractivity contribution >= 4 is 33.2 Å². The average Bonchev–Trinajstić information content (AvgIpc) is 2.44. The van der Waals surface area contributed by atoms with Crippen molar-refractivity contribution in [2.45, 2.75) is 6.92 Å². The SMILES string of the molecule is Cc1ccc(N)cc1NC(=O)COc1cc(Br)ccc1F. The van der Waals surface area contributed by atoms with Crippen LogP contribution in [-0.4, -0.2) is 12.5 Å². The first-order valence-corrected chi connectivity index (χ1v) is 6.99. The number of carbonyl (C=O) groups excluding carboxylic acids is 1. The lowest BCUT2D eigenvalue weighted by molar-refractivity contribution is -0.118. The molecule has 0 fully saturated rings. The minimum absolute atomic E-state index is 0.0174. The first-order chi connectivity index (χ1) is 9.95. The summed E-state index contributed by atoms with van der Waals surface area (Å²) in [5.41, 5.74) is 7.71. The summed E-state index contributed by atoms with van der Waals surface area (Å²) in [6.45, 7) is 1.56. The lowest BCUT2D eigenvalue weighted by atomic mass is 10.2. The highest BCUT2D eigenvalue weighted by molar-refractivity contribution is 9.10. The molecule has 3 N–H and O–H groups in total. The molecule has 0 aliphatic rings. The van der Waals surface area contributed by atoms with E-state index < -0.39 is 5.82 Å². The molecule has 1 amide bonds. The molecule has 0 aliphatic carbocycles. The summed E-state index contributed by atoms with van der Waals surface area (Å²) in [4.78, 5) is 11.8. The summed E-state index contributed by atoms with van der Waals surface area (Å²) < 4.78 is 19.3. The molecule has 6 heteroatoms. The van der Waals surface area contributed by atoms with Gasteiger partial charge in [0.15, 0.2) is 18.2 Å². The van der Waals surface area contributed by atoms with Crippen LogP contribution in [0.3, 0.4) is 0 Å². The fourth-order valence-electron chi connectivity index (χ4n) is 1.69. The van der Waals surface area contributed by atoms with Gasteiger partial charge in [-0.15, -0.1) is 0 Å². The van der Waals surface area contributed by atoms with Gasteiger partial charge in [-0.1, -0.05) is 22.0 Å². The van der Waals surface area contributed by atoms with Crippen molar-refractivity contribution in [3.63, 3.8) is 0 Å².